The Kier molecular flexibility index (Phi) is 6.33. The van der Waals surface area contributed by atoms with Crippen molar-refractivity contribution in [3.05, 3.63) is 53.8 Å². The second-order valence-corrected chi connectivity index (χ2v) is 9.91. The Morgan fingerprint density at radius 1 is 1.03 bits per heavy atom. The van der Waals surface area contributed by atoms with E-state index in [0.29, 0.717) is 0 Å². The van der Waals surface area contributed by atoms with Gasteiger partial charge in [-0.1, -0.05) is 6.07 Å². The number of nitrogens with one attached hydrogen (secondary N) is 3. The number of rotatable bonds is 6. The molecular weight excluding hydrogens is 425 g/mol. The van der Waals surface area contributed by atoms with Gasteiger partial charge in [-0.2, -0.15) is 0 Å². The maximum absolute atomic E-state index is 13.8. The first-order valence-corrected chi connectivity index (χ1v) is 11.1. The second-order valence-electron chi connectivity index (χ2n) is 8.19. The predicted octanol–water partition coefficient (Wildman–Crippen LogP) is 3.87. The lowest BCUT2D eigenvalue weighted by atomic mass is 10.2. The fourth-order valence-electron chi connectivity index (χ4n) is 2.63. The van der Waals surface area contributed by atoms with Crippen LogP contribution in [-0.4, -0.2) is 32.1 Å². The summed E-state index contributed by atoms with van der Waals surface area (Å²) in [5, 5.41) is 4.97. The van der Waals surface area contributed by atoms with Crippen LogP contribution in [0.4, 0.5) is 20.6 Å². The van der Waals surface area contributed by atoms with Gasteiger partial charge in [0.05, 0.1) is 16.3 Å². The van der Waals surface area contributed by atoms with Gasteiger partial charge in [0.1, 0.15) is 11.4 Å². The molecular formula is C21H24FN3O5S. The van der Waals surface area contributed by atoms with Crippen molar-refractivity contribution < 1.29 is 27.1 Å². The first kappa shape index (κ1) is 22.7. The first-order valence-electron chi connectivity index (χ1n) is 9.66. The summed E-state index contributed by atoms with van der Waals surface area (Å²) in [5.41, 5.74) is -0.553. The second kappa shape index (κ2) is 8.64. The molecule has 3 rings (SSSR count). The molecule has 1 saturated carbocycles. The van der Waals surface area contributed by atoms with Gasteiger partial charge >= 0.3 is 6.09 Å². The van der Waals surface area contributed by atoms with Crippen molar-refractivity contribution in [2.75, 3.05) is 10.6 Å². The zero-order valence-electron chi connectivity index (χ0n) is 17.4. The molecule has 0 atom stereocenters. The molecule has 2 aromatic rings. The Bertz CT molecular complexity index is 1110. The van der Waals surface area contributed by atoms with Gasteiger partial charge in [-0.25, -0.2) is 22.3 Å². The van der Waals surface area contributed by atoms with E-state index >= 15 is 0 Å². The maximum atomic E-state index is 13.8. The number of benzene rings is 2. The number of ether oxygens (including phenoxy) is 1. The smallest absolute Gasteiger partial charge is 0.412 e. The van der Waals surface area contributed by atoms with Gasteiger partial charge < -0.3 is 10.1 Å². The number of carbonyl (C=O) groups excluding carboxylic acids is 2. The first-order chi connectivity index (χ1) is 14.4. The minimum Gasteiger partial charge on any atom is -0.444 e. The molecule has 8 nitrogen and oxygen atoms in total. The predicted molar refractivity (Wildman–Crippen MR) is 114 cm³/mol. The highest BCUT2D eigenvalue weighted by Crippen LogP contribution is 2.26. The molecule has 2 amide bonds. The van der Waals surface area contributed by atoms with Crippen molar-refractivity contribution in [3.63, 3.8) is 0 Å². The third-order valence-corrected chi connectivity index (χ3v) is 5.69. The number of halogens is 1. The highest BCUT2D eigenvalue weighted by atomic mass is 32.2. The molecule has 0 unspecified atom stereocenters. The Hall–Kier alpha value is -2.98. The van der Waals surface area contributed by atoms with Gasteiger partial charge in [0.15, 0.2) is 0 Å². The van der Waals surface area contributed by atoms with E-state index in [2.05, 4.69) is 15.4 Å². The molecule has 0 aromatic heterocycles. The number of anilines is 2. The SMILES string of the molecule is CC(C)(C)OC(=O)Nc1ccc(F)cc1NC(=O)c1cccc(S(=O)(=O)NC2CC2)c1. The molecule has 10 heteroatoms. The normalized spacial score (nSPS) is 14.1. The highest BCUT2D eigenvalue weighted by molar-refractivity contribution is 7.89. The third-order valence-electron chi connectivity index (χ3n) is 4.17. The van der Waals surface area contributed by atoms with Crippen molar-refractivity contribution in [2.45, 2.75) is 50.2 Å². The van der Waals surface area contributed by atoms with Crippen LogP contribution in [0.1, 0.15) is 44.0 Å². The van der Waals surface area contributed by atoms with Gasteiger partial charge in [-0.05, 0) is 70.0 Å². The van der Waals surface area contributed by atoms with E-state index < -0.39 is 33.4 Å². The fourth-order valence-corrected chi connectivity index (χ4v) is 3.98. The van der Waals surface area contributed by atoms with E-state index in [1.807, 2.05) is 0 Å². The van der Waals surface area contributed by atoms with Crippen molar-refractivity contribution in [3.8, 4) is 0 Å². The summed E-state index contributed by atoms with van der Waals surface area (Å²) < 4.78 is 46.3. The third kappa shape index (κ3) is 6.50. The molecule has 0 saturated heterocycles. The summed E-state index contributed by atoms with van der Waals surface area (Å²) in [5.74, 6) is -1.30. The number of amides is 2. The van der Waals surface area contributed by atoms with E-state index in [9.17, 15) is 22.4 Å². The molecule has 3 N–H and O–H groups in total. The molecule has 0 spiro atoms. The average molecular weight is 450 g/mol. The van der Waals surface area contributed by atoms with Crippen LogP contribution in [0.25, 0.3) is 0 Å². The highest BCUT2D eigenvalue weighted by Gasteiger charge is 2.28. The van der Waals surface area contributed by atoms with Gasteiger partial charge in [0, 0.05) is 11.6 Å². The van der Waals surface area contributed by atoms with Crippen LogP contribution in [-0.2, 0) is 14.8 Å². The lowest BCUT2D eigenvalue weighted by Gasteiger charge is -2.20. The van der Waals surface area contributed by atoms with Crippen LogP contribution in [0.15, 0.2) is 47.4 Å². The average Bonchev–Trinajstić information content (AvgIpc) is 3.46. The standard InChI is InChI=1S/C21H24FN3O5S/c1-21(2,3)30-20(27)24-17-10-7-14(22)12-18(17)23-19(26)13-5-4-6-16(11-13)31(28,29)25-15-8-9-15/h4-7,10-12,15,25H,8-9H2,1-3H3,(H,23,26)(H,24,27). The monoisotopic (exact) mass is 449 g/mol. The van der Waals surface area contributed by atoms with Crippen LogP contribution in [0.3, 0.4) is 0 Å². The van der Waals surface area contributed by atoms with Gasteiger partial charge in [-0.15, -0.1) is 0 Å². The van der Waals surface area contributed by atoms with Gasteiger partial charge in [-0.3, -0.25) is 10.1 Å². The molecule has 2 aromatic carbocycles. The molecule has 31 heavy (non-hydrogen) atoms. The summed E-state index contributed by atoms with van der Waals surface area (Å²) in [4.78, 5) is 24.7. The topological polar surface area (TPSA) is 114 Å². The number of hydrogen-bond acceptors (Lipinski definition) is 5. The van der Waals surface area contributed by atoms with Crippen LogP contribution in [0.5, 0.6) is 0 Å². The number of hydrogen-bond donors (Lipinski definition) is 3. The van der Waals surface area contributed by atoms with Crippen LogP contribution >= 0.6 is 0 Å². The quantitative estimate of drug-likeness (QED) is 0.620. The van der Waals surface area contributed by atoms with E-state index in [-0.39, 0.29) is 27.9 Å². The van der Waals surface area contributed by atoms with Crippen molar-refractivity contribution in [2.24, 2.45) is 0 Å². The lowest BCUT2D eigenvalue weighted by molar-refractivity contribution is 0.0635. The summed E-state index contributed by atoms with van der Waals surface area (Å²) in [7, 11) is -3.74. The molecule has 0 radical (unpaired) electrons. The minimum atomic E-state index is -3.74. The molecule has 0 heterocycles. The minimum absolute atomic E-state index is 0.000208. The lowest BCUT2D eigenvalue weighted by Crippen LogP contribution is -2.27. The summed E-state index contributed by atoms with van der Waals surface area (Å²) >= 11 is 0. The Balaban J connectivity index is 1.79. The molecule has 1 fully saturated rings. The van der Waals surface area contributed by atoms with Gasteiger partial charge in [0.2, 0.25) is 10.0 Å². The van der Waals surface area contributed by atoms with Crippen LogP contribution in [0, 0.1) is 5.82 Å². The molecule has 0 bridgehead atoms. The van der Waals surface area contributed by atoms with Crippen LogP contribution in [0.2, 0.25) is 0 Å². The number of sulfonamides is 1. The van der Waals surface area contributed by atoms with Crippen molar-refractivity contribution in [1.82, 2.24) is 4.72 Å². The fraction of sp³-hybridized carbons (Fsp3) is 0.333. The van der Waals surface area contributed by atoms with Crippen LogP contribution < -0.4 is 15.4 Å². The Labute approximate surface area is 180 Å². The van der Waals surface area contributed by atoms with E-state index in [0.717, 1.165) is 25.0 Å². The molecule has 0 aliphatic heterocycles. The van der Waals surface area contributed by atoms with Crippen molar-refractivity contribution >= 4 is 33.4 Å². The Morgan fingerprint density at radius 3 is 2.39 bits per heavy atom. The summed E-state index contributed by atoms with van der Waals surface area (Å²) in [6.07, 6.45) is 0.799. The largest absolute Gasteiger partial charge is 0.444 e. The molecule has 1 aliphatic rings. The Morgan fingerprint density at radius 2 is 1.74 bits per heavy atom. The summed E-state index contributed by atoms with van der Waals surface area (Å²) in [6.45, 7) is 5.08. The zero-order chi connectivity index (χ0) is 22.8. The van der Waals surface area contributed by atoms with E-state index in [1.54, 1.807) is 20.8 Å². The zero-order valence-corrected chi connectivity index (χ0v) is 18.2. The van der Waals surface area contributed by atoms with E-state index in [1.165, 1.54) is 30.3 Å². The maximum Gasteiger partial charge on any atom is 0.412 e. The number of carbonyl (C=O) groups is 2. The van der Waals surface area contributed by atoms with E-state index in [4.69, 9.17) is 4.74 Å². The molecule has 1 aliphatic carbocycles. The van der Waals surface area contributed by atoms with Gasteiger partial charge in [0.25, 0.3) is 5.91 Å². The van der Waals surface area contributed by atoms with Crippen molar-refractivity contribution in [1.29, 1.82) is 0 Å². The molecule has 166 valence electrons. The summed E-state index contributed by atoms with van der Waals surface area (Å²) in [6, 6.07) is 8.89.